The van der Waals surface area contributed by atoms with Gasteiger partial charge >= 0.3 is 0 Å². The Labute approximate surface area is 187 Å². The zero-order valence-electron chi connectivity index (χ0n) is 19.4. The van der Waals surface area contributed by atoms with Gasteiger partial charge in [0.25, 0.3) is 5.56 Å². The highest BCUT2D eigenvalue weighted by atomic mass is 16.1. The van der Waals surface area contributed by atoms with Crippen LogP contribution in [-0.4, -0.2) is 32.9 Å². The van der Waals surface area contributed by atoms with E-state index in [1.807, 2.05) is 52.0 Å². The van der Waals surface area contributed by atoms with Crippen LogP contribution in [-0.2, 0) is 11.8 Å². The van der Waals surface area contributed by atoms with Gasteiger partial charge < -0.3 is 15.2 Å². The predicted molar refractivity (Wildman–Crippen MR) is 129 cm³/mol. The number of hydrogen-bond acceptors (Lipinski definition) is 5. The number of nitrogens with two attached hydrogens (primary N) is 1. The van der Waals surface area contributed by atoms with Crippen LogP contribution in [0, 0.1) is 6.92 Å². The Morgan fingerprint density at radius 3 is 2.38 bits per heavy atom. The molecule has 1 aromatic carbocycles. The molecule has 32 heavy (non-hydrogen) atoms. The van der Waals surface area contributed by atoms with Gasteiger partial charge in [-0.25, -0.2) is 9.97 Å². The third kappa shape index (κ3) is 4.53. The first kappa shape index (κ1) is 23.1. The molecule has 0 aliphatic rings. The number of aromatic nitrogens is 3. The van der Waals surface area contributed by atoms with Crippen molar-refractivity contribution in [3.63, 3.8) is 0 Å². The minimum Gasteiger partial charge on any atom is -0.325 e. The molecule has 3 aromatic rings. The van der Waals surface area contributed by atoms with Gasteiger partial charge in [-0.05, 0) is 62.4 Å². The number of nitrogens with zero attached hydrogens (tertiary/aromatic N) is 4. The summed E-state index contributed by atoms with van der Waals surface area (Å²) in [5, 5.41) is 1.50. The van der Waals surface area contributed by atoms with Crippen molar-refractivity contribution >= 4 is 22.8 Å². The minimum absolute atomic E-state index is 0.0861. The highest BCUT2D eigenvalue weighted by Crippen LogP contribution is 2.28. The normalized spacial score (nSPS) is 12.2. The number of allylic oxidation sites excluding steroid dienone is 3. The molecule has 0 bridgehead atoms. The van der Waals surface area contributed by atoms with Gasteiger partial charge in [-0.15, -0.1) is 0 Å². The fourth-order valence-corrected chi connectivity index (χ4v) is 3.63. The summed E-state index contributed by atoms with van der Waals surface area (Å²) in [6.45, 7) is 7.80. The number of fused-ring (bicyclic) bond motifs is 1. The van der Waals surface area contributed by atoms with Gasteiger partial charge in [0.1, 0.15) is 0 Å². The molecule has 1 atom stereocenters. The van der Waals surface area contributed by atoms with Gasteiger partial charge in [-0.1, -0.05) is 11.6 Å². The molecule has 0 aliphatic heterocycles. The number of aryl methyl sites for hydroxylation is 1. The van der Waals surface area contributed by atoms with Gasteiger partial charge in [0.05, 0.1) is 5.69 Å². The van der Waals surface area contributed by atoms with E-state index in [0.29, 0.717) is 11.2 Å². The summed E-state index contributed by atoms with van der Waals surface area (Å²) < 4.78 is 1.62. The Morgan fingerprint density at radius 1 is 1.16 bits per heavy atom. The van der Waals surface area contributed by atoms with Gasteiger partial charge in [-0.3, -0.25) is 9.59 Å². The van der Waals surface area contributed by atoms with Gasteiger partial charge in [0, 0.05) is 55.3 Å². The molecule has 3 rings (SSSR count). The Kier molecular flexibility index (Phi) is 6.69. The number of carbonyl (C=O) groups excluding carboxylic acids is 1. The number of carbonyl (C=O) groups is 1. The number of amides is 1. The maximum Gasteiger partial charge on any atom is 0.258 e. The van der Waals surface area contributed by atoms with E-state index in [-0.39, 0.29) is 11.6 Å². The first-order valence-corrected chi connectivity index (χ1v) is 10.4. The summed E-state index contributed by atoms with van der Waals surface area (Å²) in [6.07, 6.45) is 7.62. The first-order chi connectivity index (χ1) is 15.1. The molecule has 0 saturated carbocycles. The number of pyridine rings is 1. The number of hydrogen-bond donors (Lipinski definition) is 1. The van der Waals surface area contributed by atoms with Gasteiger partial charge in [0.2, 0.25) is 6.41 Å². The van der Waals surface area contributed by atoms with E-state index < -0.39 is 0 Å². The number of benzene rings is 1. The predicted octanol–water partition coefficient (Wildman–Crippen LogP) is 3.72. The van der Waals surface area contributed by atoms with Crippen molar-refractivity contribution in [2.24, 2.45) is 12.8 Å². The quantitative estimate of drug-likeness (QED) is 0.474. The fourth-order valence-electron chi connectivity index (χ4n) is 3.63. The topological polar surface area (TPSA) is 94.1 Å². The Hall–Kier alpha value is -3.58. The average Bonchev–Trinajstić information content (AvgIpc) is 2.76. The molecular formula is C25H29N5O2. The van der Waals surface area contributed by atoms with Crippen molar-refractivity contribution in [2.45, 2.75) is 33.7 Å². The van der Waals surface area contributed by atoms with Crippen molar-refractivity contribution in [3.8, 4) is 11.3 Å². The highest BCUT2D eigenvalue weighted by Gasteiger charge is 2.15. The van der Waals surface area contributed by atoms with E-state index >= 15 is 0 Å². The largest absolute Gasteiger partial charge is 0.325 e. The van der Waals surface area contributed by atoms with E-state index in [0.717, 1.165) is 45.3 Å². The third-order valence-electron chi connectivity index (χ3n) is 5.39. The molecule has 0 aliphatic carbocycles. The summed E-state index contributed by atoms with van der Waals surface area (Å²) in [5.41, 5.74) is 11.3. The fraction of sp³-hybridized carbons (Fsp3) is 0.280. The zero-order chi connectivity index (χ0) is 23.6. The van der Waals surface area contributed by atoms with Crippen LogP contribution in [0.3, 0.4) is 0 Å². The van der Waals surface area contributed by atoms with Crippen LogP contribution >= 0.6 is 0 Å². The summed E-state index contributed by atoms with van der Waals surface area (Å²) in [5.74, 6) is 0.544. The summed E-state index contributed by atoms with van der Waals surface area (Å²) >= 11 is 0. The summed E-state index contributed by atoms with van der Waals surface area (Å²) in [4.78, 5) is 34.5. The number of rotatable bonds is 6. The molecule has 0 fully saturated rings. The van der Waals surface area contributed by atoms with Crippen LogP contribution < -0.4 is 11.3 Å². The van der Waals surface area contributed by atoms with E-state index in [1.165, 1.54) is 4.90 Å². The monoisotopic (exact) mass is 431 g/mol. The molecule has 2 aromatic heterocycles. The smallest absolute Gasteiger partial charge is 0.258 e. The van der Waals surface area contributed by atoms with Gasteiger partial charge in [0.15, 0.2) is 5.82 Å². The molecule has 2 heterocycles. The Bertz CT molecular complexity index is 1280. The molecule has 0 radical (unpaired) electrons. The lowest BCUT2D eigenvalue weighted by atomic mass is 9.97. The van der Waals surface area contributed by atoms with Crippen LogP contribution in [0.1, 0.15) is 43.8 Å². The first-order valence-electron chi connectivity index (χ1n) is 10.4. The molecule has 166 valence electrons. The van der Waals surface area contributed by atoms with Crippen molar-refractivity contribution in [2.75, 3.05) is 7.05 Å². The van der Waals surface area contributed by atoms with E-state index in [2.05, 4.69) is 9.97 Å². The van der Waals surface area contributed by atoms with Gasteiger partial charge in [-0.2, -0.15) is 0 Å². The lowest BCUT2D eigenvalue weighted by Gasteiger charge is -2.16. The molecule has 0 spiro atoms. The Morgan fingerprint density at radius 2 is 1.81 bits per heavy atom. The van der Waals surface area contributed by atoms with Crippen LogP contribution in [0.2, 0.25) is 0 Å². The second kappa shape index (κ2) is 9.28. The van der Waals surface area contributed by atoms with Crippen molar-refractivity contribution < 1.29 is 4.79 Å². The third-order valence-corrected chi connectivity index (χ3v) is 5.39. The van der Waals surface area contributed by atoms with Crippen LogP contribution in [0.5, 0.6) is 0 Å². The molecule has 7 heteroatoms. The maximum atomic E-state index is 13.1. The lowest BCUT2D eigenvalue weighted by Crippen LogP contribution is -2.20. The summed E-state index contributed by atoms with van der Waals surface area (Å²) in [7, 11) is 3.41. The van der Waals surface area contributed by atoms with Crippen molar-refractivity contribution in [1.82, 2.24) is 19.4 Å². The van der Waals surface area contributed by atoms with Crippen LogP contribution in [0.15, 0.2) is 53.2 Å². The van der Waals surface area contributed by atoms with Crippen molar-refractivity contribution in [1.29, 1.82) is 0 Å². The molecule has 0 unspecified atom stereocenters. The lowest BCUT2D eigenvalue weighted by molar-refractivity contribution is -0.114. The molecule has 1 amide bonds. The maximum absolute atomic E-state index is 13.1. The van der Waals surface area contributed by atoms with E-state index in [1.54, 1.807) is 37.3 Å². The SMILES string of the molecule is CC(C)=C(/C=C\N(C)C=O)c1ncc(-c2cc3c([C@@H](C)N)cc(C)cc3c(=O)n2C)cn1. The molecule has 0 saturated heterocycles. The molecule has 7 nitrogen and oxygen atoms in total. The highest BCUT2D eigenvalue weighted by molar-refractivity contribution is 5.89. The summed E-state index contributed by atoms with van der Waals surface area (Å²) in [6, 6.07) is 5.71. The second-order valence-electron chi connectivity index (χ2n) is 8.29. The second-order valence-corrected chi connectivity index (χ2v) is 8.29. The van der Waals surface area contributed by atoms with E-state index in [4.69, 9.17) is 5.73 Å². The van der Waals surface area contributed by atoms with Crippen LogP contribution in [0.25, 0.3) is 27.6 Å². The standard InChI is InChI=1S/C25H29N5O2/c1-15(2)19(7-8-29(5)14-31)24-27-12-18(13-28-24)23-11-21-20(17(4)26)9-16(3)10-22(21)25(32)30(23)6/h7-14,17H,26H2,1-6H3/b8-7-/t17-/m1/s1. The zero-order valence-corrected chi connectivity index (χ0v) is 19.4. The minimum atomic E-state index is -0.201. The Balaban J connectivity index is 2.13. The van der Waals surface area contributed by atoms with Crippen molar-refractivity contribution in [3.05, 3.63) is 75.7 Å². The molecular weight excluding hydrogens is 402 g/mol. The van der Waals surface area contributed by atoms with Crippen LogP contribution in [0.4, 0.5) is 0 Å². The van der Waals surface area contributed by atoms with E-state index in [9.17, 15) is 9.59 Å². The molecule has 2 N–H and O–H groups in total. The average molecular weight is 432 g/mol.